The van der Waals surface area contributed by atoms with Gasteiger partial charge in [0.1, 0.15) is 11.6 Å². The lowest BCUT2D eigenvalue weighted by atomic mass is 10.0. The summed E-state index contributed by atoms with van der Waals surface area (Å²) in [6.45, 7) is 13.8. The molecule has 5 nitrogen and oxygen atoms in total. The Kier molecular flexibility index (Phi) is 4.97. The zero-order chi connectivity index (χ0) is 22.6. The summed E-state index contributed by atoms with van der Waals surface area (Å²) in [6, 6.07) is 13.7. The minimum atomic E-state index is -0.00511. The zero-order valence-corrected chi connectivity index (χ0v) is 20.0. The molecule has 0 unspecified atom stereocenters. The average Bonchev–Trinajstić information content (AvgIpc) is 3.46. The van der Waals surface area contributed by atoms with Gasteiger partial charge >= 0.3 is 0 Å². The summed E-state index contributed by atoms with van der Waals surface area (Å²) in [5, 5.41) is 9.68. The maximum absolute atomic E-state index is 4.95. The Hall–Kier alpha value is -2.92. The Labute approximate surface area is 190 Å². The second-order valence-electron chi connectivity index (χ2n) is 10.1. The molecule has 166 valence electrons. The molecule has 5 heteroatoms. The molecule has 0 spiro atoms. The van der Waals surface area contributed by atoms with Crippen LogP contribution in [-0.2, 0) is 0 Å². The SMILES string of the molecule is Cc1cc(C)c(-n2c3ccccc3c3c(NCC(C)(C)NC4CC4)nc(C)nc32)c(C)c1. The molecule has 1 fully saturated rings. The first-order valence-corrected chi connectivity index (χ1v) is 11.6. The first-order chi connectivity index (χ1) is 15.2. The van der Waals surface area contributed by atoms with E-state index in [0.29, 0.717) is 6.04 Å². The lowest BCUT2D eigenvalue weighted by Crippen LogP contribution is -2.46. The van der Waals surface area contributed by atoms with Crippen LogP contribution in [0.1, 0.15) is 49.2 Å². The number of anilines is 1. The van der Waals surface area contributed by atoms with Gasteiger partial charge in [-0.3, -0.25) is 4.57 Å². The summed E-state index contributed by atoms with van der Waals surface area (Å²) in [5.74, 6) is 1.69. The van der Waals surface area contributed by atoms with E-state index in [1.165, 1.54) is 40.6 Å². The number of nitrogens with zero attached hydrogens (tertiary/aromatic N) is 3. The number of aryl methyl sites for hydroxylation is 4. The highest BCUT2D eigenvalue weighted by Crippen LogP contribution is 2.37. The number of aromatic nitrogens is 3. The van der Waals surface area contributed by atoms with Crippen molar-refractivity contribution in [1.29, 1.82) is 0 Å². The van der Waals surface area contributed by atoms with E-state index in [-0.39, 0.29) is 5.54 Å². The molecule has 1 aliphatic carbocycles. The zero-order valence-electron chi connectivity index (χ0n) is 20.0. The normalized spacial score (nSPS) is 14.4. The summed E-state index contributed by atoms with van der Waals surface area (Å²) in [5.41, 5.74) is 7.12. The molecule has 1 saturated carbocycles. The third-order valence-electron chi connectivity index (χ3n) is 6.36. The Morgan fingerprint density at radius 1 is 1.00 bits per heavy atom. The van der Waals surface area contributed by atoms with E-state index in [0.717, 1.165) is 34.7 Å². The van der Waals surface area contributed by atoms with E-state index >= 15 is 0 Å². The van der Waals surface area contributed by atoms with Gasteiger partial charge in [0.2, 0.25) is 0 Å². The van der Waals surface area contributed by atoms with E-state index in [9.17, 15) is 0 Å². The van der Waals surface area contributed by atoms with Crippen LogP contribution in [-0.4, -0.2) is 32.7 Å². The van der Waals surface area contributed by atoms with E-state index in [1.54, 1.807) is 0 Å². The van der Waals surface area contributed by atoms with Crippen molar-refractivity contribution in [1.82, 2.24) is 19.9 Å². The molecule has 0 atom stereocenters. The monoisotopic (exact) mass is 427 g/mol. The molecule has 0 amide bonds. The van der Waals surface area contributed by atoms with Gasteiger partial charge in [-0.05, 0) is 71.6 Å². The summed E-state index contributed by atoms with van der Waals surface area (Å²) < 4.78 is 2.32. The maximum Gasteiger partial charge on any atom is 0.151 e. The molecule has 1 aliphatic rings. The van der Waals surface area contributed by atoms with Crippen LogP contribution in [0.5, 0.6) is 0 Å². The number of hydrogen-bond donors (Lipinski definition) is 2. The molecule has 2 heterocycles. The average molecular weight is 428 g/mol. The molecule has 0 radical (unpaired) electrons. The highest BCUT2D eigenvalue weighted by Gasteiger charge is 2.29. The summed E-state index contributed by atoms with van der Waals surface area (Å²) in [6.07, 6.45) is 2.56. The largest absolute Gasteiger partial charge is 0.368 e. The minimum Gasteiger partial charge on any atom is -0.368 e. The molecule has 5 rings (SSSR count). The van der Waals surface area contributed by atoms with Crippen molar-refractivity contribution in [2.75, 3.05) is 11.9 Å². The lowest BCUT2D eigenvalue weighted by Gasteiger charge is -2.27. The first kappa shape index (κ1) is 21.0. The van der Waals surface area contributed by atoms with Gasteiger partial charge in [0.05, 0.1) is 16.6 Å². The predicted octanol–water partition coefficient (Wildman–Crippen LogP) is 5.75. The van der Waals surface area contributed by atoms with E-state index in [4.69, 9.17) is 9.97 Å². The van der Waals surface area contributed by atoms with E-state index in [2.05, 4.69) is 86.2 Å². The Bertz CT molecular complexity index is 1300. The van der Waals surface area contributed by atoms with Crippen LogP contribution in [0.4, 0.5) is 5.82 Å². The molecule has 2 aromatic carbocycles. The predicted molar refractivity (Wildman–Crippen MR) is 134 cm³/mol. The summed E-state index contributed by atoms with van der Waals surface area (Å²) >= 11 is 0. The van der Waals surface area contributed by atoms with E-state index < -0.39 is 0 Å². The smallest absolute Gasteiger partial charge is 0.151 e. The van der Waals surface area contributed by atoms with Crippen molar-refractivity contribution in [3.8, 4) is 5.69 Å². The standard InChI is InChI=1S/C27H33N5/c1-16-13-17(2)24(18(3)14-16)32-22-10-8-7-9-21(22)23-25(29-19(4)30-26(23)32)28-15-27(5,6)31-20-11-12-20/h7-10,13-14,20,31H,11-12,15H2,1-6H3,(H,28,29,30). The molecule has 32 heavy (non-hydrogen) atoms. The van der Waals surface area contributed by atoms with Crippen molar-refractivity contribution in [3.63, 3.8) is 0 Å². The van der Waals surface area contributed by atoms with Crippen LogP contribution in [0.15, 0.2) is 36.4 Å². The van der Waals surface area contributed by atoms with Crippen molar-refractivity contribution in [2.24, 2.45) is 0 Å². The van der Waals surface area contributed by atoms with Gasteiger partial charge in [-0.15, -0.1) is 0 Å². The number of benzene rings is 2. The van der Waals surface area contributed by atoms with Gasteiger partial charge in [-0.1, -0.05) is 35.9 Å². The van der Waals surface area contributed by atoms with Gasteiger partial charge in [-0.2, -0.15) is 0 Å². The second kappa shape index (κ2) is 7.59. The van der Waals surface area contributed by atoms with Crippen LogP contribution in [0, 0.1) is 27.7 Å². The van der Waals surface area contributed by atoms with Crippen LogP contribution in [0.2, 0.25) is 0 Å². The van der Waals surface area contributed by atoms with Crippen molar-refractivity contribution >= 4 is 27.8 Å². The van der Waals surface area contributed by atoms with Crippen molar-refractivity contribution < 1.29 is 0 Å². The number of fused-ring (bicyclic) bond motifs is 3. The minimum absolute atomic E-state index is 0.00511. The third-order valence-corrected chi connectivity index (χ3v) is 6.36. The fraction of sp³-hybridized carbons (Fsp3) is 0.407. The van der Waals surface area contributed by atoms with Crippen LogP contribution in [0.25, 0.3) is 27.6 Å². The highest BCUT2D eigenvalue weighted by molar-refractivity contribution is 6.13. The van der Waals surface area contributed by atoms with Gasteiger partial charge in [0.15, 0.2) is 5.65 Å². The fourth-order valence-electron chi connectivity index (χ4n) is 4.98. The molecule has 0 aliphatic heterocycles. The van der Waals surface area contributed by atoms with Crippen LogP contribution >= 0.6 is 0 Å². The molecular formula is C27H33N5. The van der Waals surface area contributed by atoms with Crippen LogP contribution in [0.3, 0.4) is 0 Å². The molecule has 4 aromatic rings. The Morgan fingerprint density at radius 2 is 1.69 bits per heavy atom. The van der Waals surface area contributed by atoms with Gasteiger partial charge in [0, 0.05) is 23.5 Å². The van der Waals surface area contributed by atoms with Crippen LogP contribution < -0.4 is 10.6 Å². The number of nitrogens with one attached hydrogen (secondary N) is 2. The fourth-order valence-corrected chi connectivity index (χ4v) is 4.98. The summed E-state index contributed by atoms with van der Waals surface area (Å²) in [7, 11) is 0. The lowest BCUT2D eigenvalue weighted by molar-refractivity contribution is 0.405. The highest BCUT2D eigenvalue weighted by atomic mass is 15.1. The van der Waals surface area contributed by atoms with Gasteiger partial charge in [-0.25, -0.2) is 9.97 Å². The number of para-hydroxylation sites is 1. The molecular weight excluding hydrogens is 394 g/mol. The molecule has 0 saturated heterocycles. The molecule has 0 bridgehead atoms. The second-order valence-corrected chi connectivity index (χ2v) is 10.1. The molecule has 2 N–H and O–H groups in total. The van der Waals surface area contributed by atoms with Crippen molar-refractivity contribution in [2.45, 2.75) is 66.0 Å². The topological polar surface area (TPSA) is 54.8 Å². The number of rotatable bonds is 6. The Morgan fingerprint density at radius 3 is 2.38 bits per heavy atom. The first-order valence-electron chi connectivity index (χ1n) is 11.6. The van der Waals surface area contributed by atoms with Gasteiger partial charge < -0.3 is 10.6 Å². The summed E-state index contributed by atoms with van der Waals surface area (Å²) in [4.78, 5) is 9.81. The quantitative estimate of drug-likeness (QED) is 0.411. The Balaban J connectivity index is 1.71. The third kappa shape index (κ3) is 3.75. The van der Waals surface area contributed by atoms with Crippen molar-refractivity contribution in [3.05, 3.63) is 58.9 Å². The maximum atomic E-state index is 4.95. The number of hydrogen-bond acceptors (Lipinski definition) is 4. The van der Waals surface area contributed by atoms with Gasteiger partial charge in [0.25, 0.3) is 0 Å². The van der Waals surface area contributed by atoms with E-state index in [1.807, 2.05) is 6.92 Å². The molecule has 2 aromatic heterocycles.